The Morgan fingerprint density at radius 3 is 2.86 bits per heavy atom. The van der Waals surface area contributed by atoms with E-state index in [1.807, 2.05) is 24.4 Å². The normalized spacial score (nSPS) is 11.0. The predicted molar refractivity (Wildman–Crippen MR) is 62.4 cm³/mol. The molecular weight excluding hydrogens is 216 g/mol. The van der Waals surface area contributed by atoms with E-state index in [9.17, 15) is 5.11 Å². The molecule has 0 radical (unpaired) electrons. The third-order valence-electron chi connectivity index (χ3n) is 2.42. The Kier molecular flexibility index (Phi) is 2.66. The van der Waals surface area contributed by atoms with Gasteiger partial charge in [0.2, 0.25) is 0 Å². The Balaban J connectivity index is 2.82. The van der Waals surface area contributed by atoms with Gasteiger partial charge in [0.05, 0.1) is 0 Å². The first-order chi connectivity index (χ1) is 6.77. The van der Waals surface area contributed by atoms with Crippen LogP contribution in [0.25, 0.3) is 10.1 Å². The molecule has 0 amide bonds. The van der Waals surface area contributed by atoms with Crippen molar-refractivity contribution in [2.45, 2.75) is 19.2 Å². The van der Waals surface area contributed by atoms with Gasteiger partial charge < -0.3 is 5.11 Å². The van der Waals surface area contributed by atoms with E-state index in [0.717, 1.165) is 22.9 Å². The third kappa shape index (κ3) is 1.39. The van der Waals surface area contributed by atoms with Crippen LogP contribution in [0.2, 0.25) is 0 Å². The lowest BCUT2D eigenvalue weighted by molar-refractivity contribution is 0.469. The summed E-state index contributed by atoms with van der Waals surface area (Å²) in [5, 5.41) is 12.9. The van der Waals surface area contributed by atoms with Crippen molar-refractivity contribution in [3.63, 3.8) is 0 Å². The predicted octanol–water partition coefficient (Wildman–Crippen LogP) is 3.91. The van der Waals surface area contributed by atoms with Crippen LogP contribution >= 0.6 is 22.9 Å². The molecule has 1 aromatic carbocycles. The summed E-state index contributed by atoms with van der Waals surface area (Å²) in [6.07, 6.45) is 0.821. The van der Waals surface area contributed by atoms with Gasteiger partial charge in [0.1, 0.15) is 5.75 Å². The number of benzene rings is 1. The van der Waals surface area contributed by atoms with Crippen LogP contribution in [0.5, 0.6) is 5.75 Å². The molecule has 0 aliphatic carbocycles. The van der Waals surface area contributed by atoms with E-state index in [1.54, 1.807) is 11.3 Å². The maximum Gasteiger partial charge on any atom is 0.119 e. The highest BCUT2D eigenvalue weighted by molar-refractivity contribution is 7.17. The van der Waals surface area contributed by atoms with Crippen molar-refractivity contribution in [1.82, 2.24) is 0 Å². The minimum Gasteiger partial charge on any atom is -0.508 e. The van der Waals surface area contributed by atoms with Gasteiger partial charge in [0.15, 0.2) is 0 Å². The topological polar surface area (TPSA) is 20.2 Å². The maximum absolute atomic E-state index is 9.78. The zero-order valence-electron chi connectivity index (χ0n) is 7.88. The van der Waals surface area contributed by atoms with E-state index >= 15 is 0 Å². The van der Waals surface area contributed by atoms with Crippen LogP contribution in [-0.4, -0.2) is 5.11 Å². The van der Waals surface area contributed by atoms with E-state index in [4.69, 9.17) is 11.6 Å². The number of thiophene rings is 1. The zero-order chi connectivity index (χ0) is 10.1. The Hall–Kier alpha value is -0.730. The molecule has 0 atom stereocenters. The fourth-order valence-corrected chi connectivity index (χ4v) is 3.07. The summed E-state index contributed by atoms with van der Waals surface area (Å²) in [6.45, 7) is 2.03. The third-order valence-corrected chi connectivity index (χ3v) is 3.68. The van der Waals surface area contributed by atoms with Crippen molar-refractivity contribution in [2.75, 3.05) is 0 Å². The van der Waals surface area contributed by atoms with Crippen LogP contribution in [0.1, 0.15) is 18.1 Å². The Bertz CT molecular complexity index is 462. The molecule has 0 saturated heterocycles. The smallest absolute Gasteiger partial charge is 0.119 e. The monoisotopic (exact) mass is 226 g/mol. The number of alkyl halides is 1. The van der Waals surface area contributed by atoms with Crippen molar-refractivity contribution in [3.05, 3.63) is 28.6 Å². The molecule has 0 bridgehead atoms. The highest BCUT2D eigenvalue weighted by Crippen LogP contribution is 2.34. The second-order valence-electron chi connectivity index (χ2n) is 3.18. The van der Waals surface area contributed by atoms with Crippen molar-refractivity contribution in [3.8, 4) is 5.75 Å². The molecule has 1 heterocycles. The van der Waals surface area contributed by atoms with Crippen molar-refractivity contribution >= 4 is 33.0 Å². The molecule has 2 aromatic rings. The fourth-order valence-electron chi connectivity index (χ4n) is 1.74. The van der Waals surface area contributed by atoms with E-state index in [0.29, 0.717) is 11.6 Å². The lowest BCUT2D eigenvalue weighted by Crippen LogP contribution is -1.90. The summed E-state index contributed by atoms with van der Waals surface area (Å²) in [7, 11) is 0. The largest absolute Gasteiger partial charge is 0.508 e. The van der Waals surface area contributed by atoms with Crippen molar-refractivity contribution in [2.24, 2.45) is 0 Å². The second-order valence-corrected chi connectivity index (χ2v) is 4.36. The molecule has 74 valence electrons. The summed E-state index contributed by atoms with van der Waals surface area (Å²) < 4.78 is 1.20. The molecule has 3 heteroatoms. The molecule has 1 N–H and O–H groups in total. The van der Waals surface area contributed by atoms with Crippen LogP contribution in [0.4, 0.5) is 0 Å². The minimum atomic E-state index is 0.369. The highest BCUT2D eigenvalue weighted by atomic mass is 35.5. The van der Waals surface area contributed by atoms with Crippen molar-refractivity contribution in [1.29, 1.82) is 0 Å². The first-order valence-electron chi connectivity index (χ1n) is 4.54. The molecule has 0 fully saturated rings. The zero-order valence-corrected chi connectivity index (χ0v) is 9.45. The van der Waals surface area contributed by atoms with Crippen molar-refractivity contribution < 1.29 is 5.11 Å². The summed E-state index contributed by atoms with van der Waals surface area (Å²) in [5.74, 6) is 0.836. The SMILES string of the molecule is CCc1c(O)cc2ccsc2c1CCl. The van der Waals surface area contributed by atoms with Gasteiger partial charge in [0, 0.05) is 10.6 Å². The number of phenols is 1. The van der Waals surface area contributed by atoms with Gasteiger partial charge in [0.25, 0.3) is 0 Å². The van der Waals surface area contributed by atoms with Crippen LogP contribution in [-0.2, 0) is 12.3 Å². The standard InChI is InChI=1S/C11H11ClOS/c1-2-8-9(6-12)11-7(3-4-14-11)5-10(8)13/h3-5,13H,2,6H2,1H3. The number of halogens is 1. The van der Waals surface area contributed by atoms with Gasteiger partial charge in [-0.05, 0) is 40.4 Å². The lowest BCUT2D eigenvalue weighted by atomic mass is 10.0. The quantitative estimate of drug-likeness (QED) is 0.770. The Morgan fingerprint density at radius 1 is 1.43 bits per heavy atom. The first kappa shape index (κ1) is 9.81. The van der Waals surface area contributed by atoms with Gasteiger partial charge in [-0.1, -0.05) is 6.92 Å². The van der Waals surface area contributed by atoms with Crippen LogP contribution < -0.4 is 0 Å². The average molecular weight is 227 g/mol. The molecule has 0 aliphatic heterocycles. The molecule has 1 nitrogen and oxygen atoms in total. The van der Waals surface area contributed by atoms with Crippen LogP contribution in [0, 0.1) is 0 Å². The number of hydrogen-bond acceptors (Lipinski definition) is 2. The van der Waals surface area contributed by atoms with Gasteiger partial charge in [-0.3, -0.25) is 0 Å². The fraction of sp³-hybridized carbons (Fsp3) is 0.273. The summed E-state index contributed by atoms with van der Waals surface area (Å²) >= 11 is 7.60. The first-order valence-corrected chi connectivity index (χ1v) is 5.96. The summed E-state index contributed by atoms with van der Waals surface area (Å²) in [5.41, 5.74) is 2.06. The number of phenolic OH excluding ortho intramolecular Hbond substituents is 1. The maximum atomic E-state index is 9.78. The van der Waals surface area contributed by atoms with Gasteiger partial charge in [-0.2, -0.15) is 0 Å². The Labute approximate surface area is 91.9 Å². The van der Waals surface area contributed by atoms with E-state index in [2.05, 4.69) is 0 Å². The van der Waals surface area contributed by atoms with Crippen LogP contribution in [0.3, 0.4) is 0 Å². The van der Waals surface area contributed by atoms with Crippen LogP contribution in [0.15, 0.2) is 17.5 Å². The lowest BCUT2D eigenvalue weighted by Gasteiger charge is -2.08. The molecule has 0 saturated carbocycles. The molecule has 0 aliphatic rings. The number of hydrogen-bond donors (Lipinski definition) is 1. The number of fused-ring (bicyclic) bond motifs is 1. The molecule has 14 heavy (non-hydrogen) atoms. The molecule has 0 spiro atoms. The highest BCUT2D eigenvalue weighted by Gasteiger charge is 2.11. The van der Waals surface area contributed by atoms with E-state index in [-0.39, 0.29) is 0 Å². The van der Waals surface area contributed by atoms with E-state index < -0.39 is 0 Å². The van der Waals surface area contributed by atoms with E-state index in [1.165, 1.54) is 4.70 Å². The minimum absolute atomic E-state index is 0.369. The van der Waals surface area contributed by atoms with Gasteiger partial charge >= 0.3 is 0 Å². The number of aromatic hydroxyl groups is 1. The molecule has 1 aromatic heterocycles. The molecule has 0 unspecified atom stereocenters. The summed E-state index contributed by atoms with van der Waals surface area (Å²) in [4.78, 5) is 0. The number of rotatable bonds is 2. The Morgan fingerprint density at radius 2 is 2.21 bits per heavy atom. The van der Waals surface area contributed by atoms with Gasteiger partial charge in [-0.15, -0.1) is 22.9 Å². The second kappa shape index (κ2) is 3.79. The summed E-state index contributed by atoms with van der Waals surface area (Å²) in [6, 6.07) is 3.83. The average Bonchev–Trinajstić information content (AvgIpc) is 2.62. The molecular formula is C11H11ClOS. The molecule has 2 rings (SSSR count). The van der Waals surface area contributed by atoms with Gasteiger partial charge in [-0.25, -0.2) is 0 Å².